The van der Waals surface area contributed by atoms with E-state index in [1.807, 2.05) is 12.1 Å². The van der Waals surface area contributed by atoms with Crippen molar-refractivity contribution < 1.29 is 14.4 Å². The maximum Gasteiger partial charge on any atom is 0.242 e. The largest absolute Gasteiger partial charge is 0.342 e. The summed E-state index contributed by atoms with van der Waals surface area (Å²) in [6.45, 7) is 3.52. The van der Waals surface area contributed by atoms with Gasteiger partial charge >= 0.3 is 0 Å². The number of amides is 3. The standard InChI is InChI=1S/C15H18BrN3O3/c1-12(21)19(14-4-2-3-13(16)9-14)10-15(22)18-7-5-17(11-20)6-8-18/h2-4,9,11H,5-8,10H2,1H3. The molecule has 0 atom stereocenters. The van der Waals surface area contributed by atoms with Crippen LogP contribution >= 0.6 is 15.9 Å². The molecule has 0 N–H and O–H groups in total. The molecule has 0 aliphatic carbocycles. The Morgan fingerprint density at radius 3 is 2.50 bits per heavy atom. The number of carbonyl (C=O) groups excluding carboxylic acids is 3. The first-order valence-corrected chi connectivity index (χ1v) is 7.81. The second-order valence-electron chi connectivity index (χ2n) is 5.11. The first-order valence-electron chi connectivity index (χ1n) is 7.02. The lowest BCUT2D eigenvalue weighted by atomic mass is 10.2. The lowest BCUT2D eigenvalue weighted by molar-refractivity contribution is -0.134. The normalized spacial score (nSPS) is 14.6. The van der Waals surface area contributed by atoms with Gasteiger partial charge in [0.2, 0.25) is 18.2 Å². The maximum atomic E-state index is 12.4. The van der Waals surface area contributed by atoms with Gasteiger partial charge in [0, 0.05) is 43.3 Å². The molecule has 1 heterocycles. The van der Waals surface area contributed by atoms with Crippen LogP contribution in [0, 0.1) is 0 Å². The van der Waals surface area contributed by atoms with Gasteiger partial charge in [0.15, 0.2) is 0 Å². The van der Waals surface area contributed by atoms with Crippen LogP contribution in [0.1, 0.15) is 6.92 Å². The molecule has 7 heteroatoms. The summed E-state index contributed by atoms with van der Waals surface area (Å²) in [5.41, 5.74) is 0.682. The highest BCUT2D eigenvalue weighted by atomic mass is 79.9. The first kappa shape index (κ1) is 16.5. The van der Waals surface area contributed by atoms with E-state index in [0.717, 1.165) is 10.9 Å². The number of rotatable bonds is 4. The third-order valence-corrected chi connectivity index (χ3v) is 4.10. The molecule has 1 fully saturated rings. The van der Waals surface area contributed by atoms with Gasteiger partial charge in [0.25, 0.3) is 0 Å². The molecule has 22 heavy (non-hydrogen) atoms. The van der Waals surface area contributed by atoms with Crippen LogP contribution in [0.4, 0.5) is 5.69 Å². The lowest BCUT2D eigenvalue weighted by Crippen LogP contribution is -2.51. The van der Waals surface area contributed by atoms with Gasteiger partial charge in [-0.25, -0.2) is 0 Å². The summed E-state index contributed by atoms with van der Waals surface area (Å²) in [4.78, 5) is 39.7. The minimum atomic E-state index is -0.182. The predicted molar refractivity (Wildman–Crippen MR) is 86.4 cm³/mol. The van der Waals surface area contributed by atoms with Crippen molar-refractivity contribution >= 4 is 39.8 Å². The van der Waals surface area contributed by atoms with Gasteiger partial charge in [-0.05, 0) is 18.2 Å². The van der Waals surface area contributed by atoms with Crippen LogP contribution in [0.5, 0.6) is 0 Å². The van der Waals surface area contributed by atoms with Crippen LogP contribution in [-0.2, 0) is 14.4 Å². The van der Waals surface area contributed by atoms with E-state index >= 15 is 0 Å². The second-order valence-corrected chi connectivity index (χ2v) is 6.02. The zero-order chi connectivity index (χ0) is 16.1. The van der Waals surface area contributed by atoms with Crippen molar-refractivity contribution in [2.24, 2.45) is 0 Å². The van der Waals surface area contributed by atoms with Gasteiger partial charge in [0.05, 0.1) is 0 Å². The van der Waals surface area contributed by atoms with Gasteiger partial charge in [-0.3, -0.25) is 14.4 Å². The number of anilines is 1. The number of benzene rings is 1. The van der Waals surface area contributed by atoms with Crippen LogP contribution in [0.15, 0.2) is 28.7 Å². The van der Waals surface area contributed by atoms with E-state index in [2.05, 4.69) is 15.9 Å². The SMILES string of the molecule is CC(=O)N(CC(=O)N1CCN(C=O)CC1)c1cccc(Br)c1. The molecule has 1 aliphatic rings. The molecule has 1 aliphatic heterocycles. The molecule has 1 aromatic carbocycles. The Kier molecular flexibility index (Phi) is 5.54. The number of piperazine rings is 1. The van der Waals surface area contributed by atoms with Gasteiger partial charge in [-0.2, -0.15) is 0 Å². The van der Waals surface area contributed by atoms with Crippen LogP contribution in [0.3, 0.4) is 0 Å². The topological polar surface area (TPSA) is 60.9 Å². The fourth-order valence-electron chi connectivity index (χ4n) is 2.34. The van der Waals surface area contributed by atoms with Gasteiger partial charge in [-0.1, -0.05) is 22.0 Å². The third kappa shape index (κ3) is 4.07. The van der Waals surface area contributed by atoms with Crippen molar-refractivity contribution in [3.63, 3.8) is 0 Å². The molecule has 2 rings (SSSR count). The average Bonchev–Trinajstić information content (AvgIpc) is 2.52. The fourth-order valence-corrected chi connectivity index (χ4v) is 2.73. The number of carbonyl (C=O) groups is 3. The summed E-state index contributed by atoms with van der Waals surface area (Å²) in [6, 6.07) is 7.29. The molecule has 0 bridgehead atoms. The molecule has 1 saturated heterocycles. The summed E-state index contributed by atoms with van der Waals surface area (Å²) in [5.74, 6) is -0.293. The molecule has 0 unspecified atom stereocenters. The first-order chi connectivity index (χ1) is 10.5. The highest BCUT2D eigenvalue weighted by Gasteiger charge is 2.23. The Morgan fingerprint density at radius 2 is 1.95 bits per heavy atom. The third-order valence-electron chi connectivity index (χ3n) is 3.61. The minimum Gasteiger partial charge on any atom is -0.342 e. The summed E-state index contributed by atoms with van der Waals surface area (Å²) < 4.78 is 0.850. The zero-order valence-corrected chi connectivity index (χ0v) is 14.0. The predicted octanol–water partition coefficient (Wildman–Crippen LogP) is 1.10. The van der Waals surface area contributed by atoms with Crippen molar-refractivity contribution in [1.82, 2.24) is 9.80 Å². The molecule has 3 amide bonds. The molecule has 0 radical (unpaired) electrons. The monoisotopic (exact) mass is 367 g/mol. The van der Waals surface area contributed by atoms with Gasteiger partial charge < -0.3 is 14.7 Å². The van der Waals surface area contributed by atoms with Crippen LogP contribution in [-0.4, -0.2) is 60.7 Å². The zero-order valence-electron chi connectivity index (χ0n) is 12.4. The van der Waals surface area contributed by atoms with Crippen molar-refractivity contribution in [2.75, 3.05) is 37.6 Å². The smallest absolute Gasteiger partial charge is 0.242 e. The molecule has 6 nitrogen and oxygen atoms in total. The second kappa shape index (κ2) is 7.40. The average molecular weight is 368 g/mol. The van der Waals surface area contributed by atoms with Crippen LogP contribution in [0.2, 0.25) is 0 Å². The van der Waals surface area contributed by atoms with Crippen LogP contribution < -0.4 is 4.90 Å². The van der Waals surface area contributed by atoms with E-state index < -0.39 is 0 Å². The Labute approximate surface area is 137 Å². The molecule has 1 aromatic rings. The molecule has 118 valence electrons. The highest BCUT2D eigenvalue weighted by Crippen LogP contribution is 2.20. The van der Waals surface area contributed by atoms with E-state index in [-0.39, 0.29) is 18.4 Å². The van der Waals surface area contributed by atoms with Gasteiger partial charge in [0.1, 0.15) is 6.54 Å². The van der Waals surface area contributed by atoms with E-state index in [1.54, 1.807) is 21.9 Å². The quantitative estimate of drug-likeness (QED) is 0.748. The van der Waals surface area contributed by atoms with Crippen molar-refractivity contribution in [2.45, 2.75) is 6.92 Å². The van der Waals surface area contributed by atoms with Crippen molar-refractivity contribution in [3.05, 3.63) is 28.7 Å². The number of hydrogen-bond acceptors (Lipinski definition) is 3. The molecular weight excluding hydrogens is 350 g/mol. The number of nitrogens with zero attached hydrogens (tertiary/aromatic N) is 3. The van der Waals surface area contributed by atoms with E-state index in [9.17, 15) is 14.4 Å². The fraction of sp³-hybridized carbons (Fsp3) is 0.400. The summed E-state index contributed by atoms with van der Waals surface area (Å²) in [5, 5.41) is 0. The van der Waals surface area contributed by atoms with E-state index in [0.29, 0.717) is 31.9 Å². The Morgan fingerprint density at radius 1 is 1.27 bits per heavy atom. The van der Waals surface area contributed by atoms with E-state index in [4.69, 9.17) is 0 Å². The molecule has 0 saturated carbocycles. The molecule has 0 aromatic heterocycles. The van der Waals surface area contributed by atoms with Crippen LogP contribution in [0.25, 0.3) is 0 Å². The van der Waals surface area contributed by atoms with Crippen molar-refractivity contribution in [3.8, 4) is 0 Å². The summed E-state index contributed by atoms with van der Waals surface area (Å²) in [6.07, 6.45) is 0.797. The van der Waals surface area contributed by atoms with Gasteiger partial charge in [-0.15, -0.1) is 0 Å². The maximum absolute atomic E-state index is 12.4. The van der Waals surface area contributed by atoms with E-state index in [1.165, 1.54) is 11.8 Å². The number of halogens is 1. The number of hydrogen-bond donors (Lipinski definition) is 0. The Balaban J connectivity index is 2.04. The summed E-state index contributed by atoms with van der Waals surface area (Å²) in [7, 11) is 0. The summed E-state index contributed by atoms with van der Waals surface area (Å²) >= 11 is 3.37. The van der Waals surface area contributed by atoms with Crippen molar-refractivity contribution in [1.29, 1.82) is 0 Å². The molecule has 0 spiro atoms. The Bertz CT molecular complexity index is 571. The minimum absolute atomic E-state index is 0.00682. The molecular formula is C15H18BrN3O3. The lowest BCUT2D eigenvalue weighted by Gasteiger charge is -2.34. The Hall–Kier alpha value is -1.89. The highest BCUT2D eigenvalue weighted by molar-refractivity contribution is 9.10.